The molecule has 1 heterocycles. The largest absolute Gasteiger partial charge is 0.504 e. The van der Waals surface area contributed by atoms with Gasteiger partial charge in [0.15, 0.2) is 11.6 Å². The zero-order valence-corrected chi connectivity index (χ0v) is 9.30. The Morgan fingerprint density at radius 3 is 2.76 bits per heavy atom. The molecule has 92 valence electrons. The van der Waals surface area contributed by atoms with Gasteiger partial charge in [0, 0.05) is 5.69 Å². The maximum absolute atomic E-state index is 11.5. The first-order valence-electron chi connectivity index (χ1n) is 4.91. The molecular weight excluding hydrogens is 224 g/mol. The normalized spacial score (nSPS) is 11.9. The van der Waals surface area contributed by atoms with Crippen molar-refractivity contribution in [2.75, 3.05) is 5.32 Å². The van der Waals surface area contributed by atoms with Gasteiger partial charge in [-0.1, -0.05) is 0 Å². The average Bonchev–Trinajstić information content (AvgIpc) is 2.22. The molecule has 0 bridgehead atoms. The highest BCUT2D eigenvalue weighted by Gasteiger charge is 2.17. The Hall–Kier alpha value is -2.15. The number of aryl methyl sites for hydroxylation is 1. The lowest BCUT2D eigenvalue weighted by atomic mass is 10.2. The first kappa shape index (κ1) is 12.9. The number of pyridine rings is 1. The van der Waals surface area contributed by atoms with E-state index >= 15 is 0 Å². The summed E-state index contributed by atoms with van der Waals surface area (Å²) in [6.45, 7) is 1.71. The van der Waals surface area contributed by atoms with Crippen molar-refractivity contribution < 1.29 is 14.7 Å². The number of primary amides is 1. The van der Waals surface area contributed by atoms with Crippen LogP contribution in [0.4, 0.5) is 5.82 Å². The first-order valence-corrected chi connectivity index (χ1v) is 4.91. The second-order valence-electron chi connectivity index (χ2n) is 3.59. The molecule has 0 saturated heterocycles. The number of nitrogens with two attached hydrogens (primary N) is 2. The van der Waals surface area contributed by atoms with Crippen LogP contribution in [0.5, 0.6) is 5.75 Å². The Labute approximate surface area is 97.8 Å². The molecule has 1 unspecified atom stereocenters. The van der Waals surface area contributed by atoms with Crippen LogP contribution in [-0.2, 0) is 9.59 Å². The molecule has 0 aromatic carbocycles. The first-order chi connectivity index (χ1) is 7.90. The summed E-state index contributed by atoms with van der Waals surface area (Å²) in [6, 6.07) is 1.93. The molecule has 1 atom stereocenters. The number of amides is 2. The van der Waals surface area contributed by atoms with E-state index in [-0.39, 0.29) is 18.0 Å². The van der Waals surface area contributed by atoms with E-state index in [1.165, 1.54) is 6.07 Å². The van der Waals surface area contributed by atoms with Crippen LogP contribution in [0.3, 0.4) is 0 Å². The number of nitrogens with zero attached hydrogens (tertiary/aromatic N) is 1. The van der Waals surface area contributed by atoms with Crippen molar-refractivity contribution in [2.24, 2.45) is 11.5 Å². The number of rotatable bonds is 4. The third-order valence-electron chi connectivity index (χ3n) is 2.01. The number of carbonyl (C=O) groups is 2. The molecule has 17 heavy (non-hydrogen) atoms. The number of anilines is 1. The van der Waals surface area contributed by atoms with Crippen LogP contribution in [0, 0.1) is 6.92 Å². The molecule has 0 aliphatic rings. The summed E-state index contributed by atoms with van der Waals surface area (Å²) >= 11 is 0. The van der Waals surface area contributed by atoms with Crippen molar-refractivity contribution in [3.63, 3.8) is 0 Å². The molecule has 0 radical (unpaired) electrons. The van der Waals surface area contributed by atoms with Crippen molar-refractivity contribution in [2.45, 2.75) is 19.4 Å². The number of hydrogen-bond acceptors (Lipinski definition) is 5. The molecule has 1 aromatic heterocycles. The van der Waals surface area contributed by atoms with Crippen LogP contribution < -0.4 is 16.8 Å². The van der Waals surface area contributed by atoms with Gasteiger partial charge in [-0.25, -0.2) is 4.98 Å². The topological polar surface area (TPSA) is 131 Å². The minimum absolute atomic E-state index is 0.00919. The SMILES string of the molecule is Cc1ccc(O)c(NC(=O)C(N)CC(N)=O)n1. The number of aromatic hydroxyl groups is 1. The number of carbonyl (C=O) groups excluding carboxylic acids is 2. The molecule has 7 nitrogen and oxygen atoms in total. The Morgan fingerprint density at radius 2 is 2.18 bits per heavy atom. The number of aromatic nitrogens is 1. The maximum Gasteiger partial charge on any atom is 0.243 e. The molecule has 0 fully saturated rings. The average molecular weight is 238 g/mol. The van der Waals surface area contributed by atoms with Crippen LogP contribution in [0.15, 0.2) is 12.1 Å². The number of nitrogens with one attached hydrogen (secondary N) is 1. The monoisotopic (exact) mass is 238 g/mol. The van der Waals surface area contributed by atoms with Crippen molar-refractivity contribution in [3.05, 3.63) is 17.8 Å². The fraction of sp³-hybridized carbons (Fsp3) is 0.300. The van der Waals surface area contributed by atoms with Crippen molar-refractivity contribution in [3.8, 4) is 5.75 Å². The summed E-state index contributed by atoms with van der Waals surface area (Å²) in [7, 11) is 0. The number of hydrogen-bond donors (Lipinski definition) is 4. The van der Waals surface area contributed by atoms with Gasteiger partial charge in [-0.15, -0.1) is 0 Å². The van der Waals surface area contributed by atoms with E-state index in [2.05, 4.69) is 10.3 Å². The highest BCUT2D eigenvalue weighted by molar-refractivity contribution is 5.97. The van der Waals surface area contributed by atoms with E-state index in [0.29, 0.717) is 5.69 Å². The van der Waals surface area contributed by atoms with E-state index in [1.54, 1.807) is 13.0 Å². The Balaban J connectivity index is 2.73. The fourth-order valence-electron chi connectivity index (χ4n) is 1.16. The molecular formula is C10H14N4O3. The Bertz CT molecular complexity index is 447. The summed E-state index contributed by atoms with van der Waals surface area (Å²) < 4.78 is 0. The van der Waals surface area contributed by atoms with Crippen LogP contribution in [0.25, 0.3) is 0 Å². The van der Waals surface area contributed by atoms with Crippen LogP contribution in [0.2, 0.25) is 0 Å². The van der Waals surface area contributed by atoms with E-state index in [4.69, 9.17) is 11.5 Å². The van der Waals surface area contributed by atoms with E-state index in [9.17, 15) is 14.7 Å². The van der Waals surface area contributed by atoms with Gasteiger partial charge in [0.25, 0.3) is 0 Å². The van der Waals surface area contributed by atoms with E-state index in [1.807, 2.05) is 0 Å². The summed E-state index contributed by atoms with van der Waals surface area (Å²) in [4.78, 5) is 26.0. The quantitative estimate of drug-likeness (QED) is 0.547. The highest BCUT2D eigenvalue weighted by Crippen LogP contribution is 2.20. The smallest absolute Gasteiger partial charge is 0.243 e. The second-order valence-corrected chi connectivity index (χ2v) is 3.59. The zero-order chi connectivity index (χ0) is 13.0. The van der Waals surface area contributed by atoms with Crippen LogP contribution in [-0.4, -0.2) is 27.9 Å². The lowest BCUT2D eigenvalue weighted by Gasteiger charge is -2.11. The molecule has 1 rings (SSSR count). The van der Waals surface area contributed by atoms with Gasteiger partial charge in [0.05, 0.1) is 12.5 Å². The van der Waals surface area contributed by atoms with Gasteiger partial charge in [-0.05, 0) is 19.1 Å². The van der Waals surface area contributed by atoms with Gasteiger partial charge in [-0.2, -0.15) is 0 Å². The minimum Gasteiger partial charge on any atom is -0.504 e. The molecule has 2 amide bonds. The third kappa shape index (κ3) is 3.72. The lowest BCUT2D eigenvalue weighted by Crippen LogP contribution is -2.39. The van der Waals surface area contributed by atoms with Crippen molar-refractivity contribution >= 4 is 17.6 Å². The van der Waals surface area contributed by atoms with Crippen LogP contribution in [0.1, 0.15) is 12.1 Å². The fourth-order valence-corrected chi connectivity index (χ4v) is 1.16. The predicted molar refractivity (Wildman–Crippen MR) is 61.1 cm³/mol. The molecule has 6 N–H and O–H groups in total. The van der Waals surface area contributed by atoms with Gasteiger partial charge < -0.3 is 21.9 Å². The maximum atomic E-state index is 11.5. The standard InChI is InChI=1S/C10H14N4O3/c1-5-2-3-7(15)9(13-5)14-10(17)6(11)4-8(12)16/h2-3,6,15H,4,11H2,1H3,(H2,12,16)(H,13,14,17). The van der Waals surface area contributed by atoms with Gasteiger partial charge in [-0.3, -0.25) is 9.59 Å². The summed E-state index contributed by atoms with van der Waals surface area (Å²) in [5, 5.41) is 11.8. The molecule has 0 spiro atoms. The Morgan fingerprint density at radius 1 is 1.53 bits per heavy atom. The van der Waals surface area contributed by atoms with Crippen molar-refractivity contribution in [1.82, 2.24) is 4.98 Å². The third-order valence-corrected chi connectivity index (χ3v) is 2.01. The van der Waals surface area contributed by atoms with Crippen molar-refractivity contribution in [1.29, 1.82) is 0 Å². The highest BCUT2D eigenvalue weighted by atomic mass is 16.3. The Kier molecular flexibility index (Phi) is 4.00. The molecule has 0 saturated carbocycles. The molecule has 0 aliphatic heterocycles. The van der Waals surface area contributed by atoms with Gasteiger partial charge in [0.2, 0.25) is 11.8 Å². The molecule has 1 aromatic rings. The second kappa shape index (κ2) is 5.26. The van der Waals surface area contributed by atoms with Crippen LogP contribution >= 0.6 is 0 Å². The lowest BCUT2D eigenvalue weighted by molar-refractivity contribution is -0.123. The summed E-state index contributed by atoms with van der Waals surface area (Å²) in [5.74, 6) is -1.46. The molecule has 7 heteroatoms. The minimum atomic E-state index is -1.06. The molecule has 0 aliphatic carbocycles. The predicted octanol–water partition coefficient (Wildman–Crippen LogP) is -0.763. The van der Waals surface area contributed by atoms with Gasteiger partial charge >= 0.3 is 0 Å². The van der Waals surface area contributed by atoms with E-state index in [0.717, 1.165) is 0 Å². The van der Waals surface area contributed by atoms with Gasteiger partial charge in [0.1, 0.15) is 0 Å². The van der Waals surface area contributed by atoms with E-state index < -0.39 is 17.9 Å². The zero-order valence-electron chi connectivity index (χ0n) is 9.30. The summed E-state index contributed by atoms with van der Waals surface area (Å²) in [6.07, 6.45) is -0.265. The summed E-state index contributed by atoms with van der Waals surface area (Å²) in [5.41, 5.74) is 11.0.